The summed E-state index contributed by atoms with van der Waals surface area (Å²) in [5, 5.41) is 20.7. The molecule has 2 N–H and O–H groups in total. The maximum Gasteiger partial charge on any atom is 0.295 e. The molecule has 0 aliphatic carbocycles. The monoisotopic (exact) mass is 417 g/mol. The fourth-order valence-electron chi connectivity index (χ4n) is 3.43. The van der Waals surface area contributed by atoms with E-state index in [2.05, 4.69) is 0 Å². The second-order valence-corrected chi connectivity index (χ2v) is 7.43. The number of aryl methyl sites for hydroxylation is 1. The van der Waals surface area contributed by atoms with E-state index >= 15 is 0 Å². The van der Waals surface area contributed by atoms with Gasteiger partial charge in [0, 0.05) is 12.1 Å². The van der Waals surface area contributed by atoms with Gasteiger partial charge in [-0.15, -0.1) is 0 Å². The first-order valence-electron chi connectivity index (χ1n) is 9.29. The molecule has 1 unspecified atom stereocenters. The standard InChI is InChI=1S/C22H21ClFNO4/c1-3-4-9-25-19(13-6-8-17(26)15(23)11-13)18(21(28)22(25)29)20(27)14-5-7-16(24)12(2)10-14/h5-8,10-11,19,26-27H,3-4,9H2,1-2H3/b20-18-. The first-order chi connectivity index (χ1) is 13.8. The molecule has 1 fully saturated rings. The molecule has 7 heteroatoms. The smallest absolute Gasteiger partial charge is 0.295 e. The molecule has 2 aromatic carbocycles. The largest absolute Gasteiger partial charge is 0.507 e. The number of aliphatic hydroxyl groups is 1. The number of hydrogen-bond acceptors (Lipinski definition) is 4. The second-order valence-electron chi connectivity index (χ2n) is 7.02. The number of likely N-dealkylation sites (tertiary alicyclic amines) is 1. The number of carbonyl (C=O) groups is 2. The fraction of sp³-hybridized carbons (Fsp3) is 0.273. The summed E-state index contributed by atoms with van der Waals surface area (Å²) in [7, 11) is 0. The normalized spacial score (nSPS) is 18.5. The Kier molecular flexibility index (Phi) is 5.94. The van der Waals surface area contributed by atoms with Crippen LogP contribution in [-0.4, -0.2) is 33.3 Å². The lowest BCUT2D eigenvalue weighted by atomic mass is 9.94. The van der Waals surface area contributed by atoms with Crippen molar-refractivity contribution in [1.82, 2.24) is 4.90 Å². The lowest BCUT2D eigenvalue weighted by Crippen LogP contribution is -2.30. The van der Waals surface area contributed by atoms with Crippen molar-refractivity contribution in [2.24, 2.45) is 0 Å². The number of halogens is 2. The predicted octanol–water partition coefficient (Wildman–Crippen LogP) is 4.71. The number of phenolic OH excluding ortho intramolecular Hbond substituents is 1. The van der Waals surface area contributed by atoms with E-state index in [4.69, 9.17) is 11.6 Å². The summed E-state index contributed by atoms with van der Waals surface area (Å²) in [6, 6.07) is 7.52. The van der Waals surface area contributed by atoms with Crippen LogP contribution in [0.15, 0.2) is 42.0 Å². The Hall–Kier alpha value is -2.86. The van der Waals surface area contributed by atoms with Crippen molar-refractivity contribution in [1.29, 1.82) is 0 Å². The van der Waals surface area contributed by atoms with Crippen LogP contribution in [0.1, 0.15) is 42.5 Å². The lowest BCUT2D eigenvalue weighted by Gasteiger charge is -2.25. The molecule has 0 aromatic heterocycles. The average Bonchev–Trinajstić information content (AvgIpc) is 2.94. The highest BCUT2D eigenvalue weighted by Crippen LogP contribution is 2.41. The Morgan fingerprint density at radius 3 is 2.55 bits per heavy atom. The minimum atomic E-state index is -0.856. The second kappa shape index (κ2) is 8.25. The number of amides is 1. The number of nitrogens with zero attached hydrogens (tertiary/aromatic N) is 1. The third-order valence-corrected chi connectivity index (χ3v) is 5.31. The van der Waals surface area contributed by atoms with E-state index in [1.807, 2.05) is 6.92 Å². The molecule has 0 spiro atoms. The van der Waals surface area contributed by atoms with Crippen molar-refractivity contribution in [3.8, 4) is 5.75 Å². The Labute approximate surface area is 173 Å². The van der Waals surface area contributed by atoms with E-state index in [0.29, 0.717) is 24.1 Å². The molecule has 0 bridgehead atoms. The maximum atomic E-state index is 13.6. The number of aliphatic hydroxyl groups excluding tert-OH is 1. The topological polar surface area (TPSA) is 77.8 Å². The number of benzene rings is 2. The molecule has 0 saturated carbocycles. The molecular formula is C22H21ClFNO4. The Balaban J connectivity index is 2.20. The molecule has 1 aliphatic rings. The van der Waals surface area contributed by atoms with E-state index in [-0.39, 0.29) is 27.7 Å². The molecule has 1 heterocycles. The van der Waals surface area contributed by atoms with Crippen LogP contribution >= 0.6 is 11.6 Å². The van der Waals surface area contributed by atoms with Gasteiger partial charge in [0.1, 0.15) is 17.3 Å². The van der Waals surface area contributed by atoms with Gasteiger partial charge in [0.05, 0.1) is 16.6 Å². The Morgan fingerprint density at radius 1 is 1.21 bits per heavy atom. The van der Waals surface area contributed by atoms with Crippen molar-refractivity contribution in [2.75, 3.05) is 6.54 Å². The summed E-state index contributed by atoms with van der Waals surface area (Å²) in [4.78, 5) is 26.9. The van der Waals surface area contributed by atoms with Gasteiger partial charge in [0.2, 0.25) is 0 Å². The summed E-state index contributed by atoms with van der Waals surface area (Å²) in [5.74, 6) is -2.47. The highest BCUT2D eigenvalue weighted by molar-refractivity contribution is 6.46. The minimum absolute atomic E-state index is 0.0706. The zero-order valence-electron chi connectivity index (χ0n) is 16.1. The molecule has 29 heavy (non-hydrogen) atoms. The Bertz CT molecular complexity index is 1020. The molecule has 1 saturated heterocycles. The fourth-order valence-corrected chi connectivity index (χ4v) is 3.62. The molecule has 0 radical (unpaired) electrons. The van der Waals surface area contributed by atoms with E-state index in [0.717, 1.165) is 6.42 Å². The van der Waals surface area contributed by atoms with Gasteiger partial charge < -0.3 is 15.1 Å². The maximum absolute atomic E-state index is 13.6. The van der Waals surface area contributed by atoms with E-state index in [1.54, 1.807) is 13.0 Å². The zero-order chi connectivity index (χ0) is 21.3. The van der Waals surface area contributed by atoms with Crippen LogP contribution in [0.4, 0.5) is 4.39 Å². The third kappa shape index (κ3) is 3.85. The van der Waals surface area contributed by atoms with Crippen LogP contribution in [0.25, 0.3) is 5.76 Å². The molecule has 1 aliphatic heterocycles. The van der Waals surface area contributed by atoms with Crippen molar-refractivity contribution in [3.05, 3.63) is 69.5 Å². The first kappa shape index (κ1) is 20.9. The summed E-state index contributed by atoms with van der Waals surface area (Å²) >= 11 is 6.04. The van der Waals surface area contributed by atoms with Gasteiger partial charge in [-0.2, -0.15) is 0 Å². The number of phenols is 1. The highest BCUT2D eigenvalue weighted by atomic mass is 35.5. The van der Waals surface area contributed by atoms with Crippen LogP contribution in [0, 0.1) is 12.7 Å². The summed E-state index contributed by atoms with van der Waals surface area (Å²) in [5.41, 5.74) is 0.952. The van der Waals surface area contributed by atoms with Gasteiger partial charge in [0.15, 0.2) is 0 Å². The van der Waals surface area contributed by atoms with Gasteiger partial charge >= 0.3 is 0 Å². The van der Waals surface area contributed by atoms with Crippen molar-refractivity contribution in [2.45, 2.75) is 32.7 Å². The third-order valence-electron chi connectivity index (χ3n) is 5.01. The molecular weight excluding hydrogens is 397 g/mol. The predicted molar refractivity (Wildman–Crippen MR) is 108 cm³/mol. The number of Topliss-reactive ketones (excluding diaryl/α,β-unsaturated/α-hetero) is 1. The number of carbonyl (C=O) groups excluding carboxylic acids is 2. The van der Waals surface area contributed by atoms with Gasteiger partial charge in [-0.3, -0.25) is 9.59 Å². The zero-order valence-corrected chi connectivity index (χ0v) is 16.8. The molecule has 5 nitrogen and oxygen atoms in total. The molecule has 152 valence electrons. The van der Waals surface area contributed by atoms with E-state index < -0.39 is 23.5 Å². The number of hydrogen-bond donors (Lipinski definition) is 2. The molecule has 2 aromatic rings. The van der Waals surface area contributed by atoms with E-state index in [9.17, 15) is 24.2 Å². The SMILES string of the molecule is CCCCN1C(=O)C(=O)/C(=C(\O)c2ccc(F)c(C)c2)C1c1ccc(O)c(Cl)c1. The van der Waals surface area contributed by atoms with Crippen LogP contribution in [0.2, 0.25) is 5.02 Å². The number of unbranched alkanes of at least 4 members (excludes halogenated alkanes) is 1. The van der Waals surface area contributed by atoms with Crippen molar-refractivity contribution >= 4 is 29.1 Å². The lowest BCUT2D eigenvalue weighted by molar-refractivity contribution is -0.139. The quantitative estimate of drug-likeness (QED) is 0.419. The van der Waals surface area contributed by atoms with Crippen LogP contribution < -0.4 is 0 Å². The first-order valence-corrected chi connectivity index (χ1v) is 9.67. The summed E-state index contributed by atoms with van der Waals surface area (Å²) in [6.45, 7) is 3.83. The van der Waals surface area contributed by atoms with Crippen LogP contribution in [0.3, 0.4) is 0 Å². The molecule has 3 rings (SSSR count). The van der Waals surface area contributed by atoms with Gasteiger partial charge in [0.25, 0.3) is 11.7 Å². The molecule has 1 atom stereocenters. The molecule has 1 amide bonds. The minimum Gasteiger partial charge on any atom is -0.507 e. The van der Waals surface area contributed by atoms with Gasteiger partial charge in [-0.25, -0.2) is 4.39 Å². The average molecular weight is 418 g/mol. The van der Waals surface area contributed by atoms with Gasteiger partial charge in [-0.05, 0) is 54.8 Å². The number of rotatable bonds is 5. The summed E-state index contributed by atoms with van der Waals surface area (Å²) < 4.78 is 13.6. The highest BCUT2D eigenvalue weighted by Gasteiger charge is 2.45. The van der Waals surface area contributed by atoms with Crippen molar-refractivity contribution < 1.29 is 24.2 Å². The summed E-state index contributed by atoms with van der Waals surface area (Å²) in [6.07, 6.45) is 1.48. The van der Waals surface area contributed by atoms with Crippen LogP contribution in [0.5, 0.6) is 5.75 Å². The Morgan fingerprint density at radius 2 is 1.93 bits per heavy atom. The number of aromatic hydroxyl groups is 1. The van der Waals surface area contributed by atoms with Gasteiger partial charge in [-0.1, -0.05) is 31.0 Å². The van der Waals surface area contributed by atoms with E-state index in [1.165, 1.54) is 35.2 Å². The van der Waals surface area contributed by atoms with Crippen molar-refractivity contribution in [3.63, 3.8) is 0 Å². The number of ketones is 1. The van der Waals surface area contributed by atoms with Crippen LogP contribution in [-0.2, 0) is 9.59 Å².